The second kappa shape index (κ2) is 9.94. The van der Waals surface area contributed by atoms with Crippen molar-refractivity contribution in [3.63, 3.8) is 0 Å². The van der Waals surface area contributed by atoms with Gasteiger partial charge in [0, 0.05) is 61.4 Å². The Labute approximate surface area is 219 Å². The number of aromatic nitrogens is 1. The largest absolute Gasteiger partial charge is 0.497 e. The second-order valence-electron chi connectivity index (χ2n) is 10.2. The number of aryl methyl sites for hydroxylation is 1. The van der Waals surface area contributed by atoms with Gasteiger partial charge in [-0.15, -0.1) is 0 Å². The van der Waals surface area contributed by atoms with Crippen molar-refractivity contribution in [3.05, 3.63) is 59.3 Å². The fourth-order valence-corrected chi connectivity index (χ4v) is 7.57. The standard InChI is InChI=1S/C28H37N3O5S/c1-5-37(33,34)31-14-12-28(13-15-31)19-30(17-20-8-6-7-9-25(20)36-4)24(18-32)27-26(28)22-11-10-21(35-3)16-23(22)29(27)2/h6-11,16,24,32H,5,12-15,17-19H2,1-4H3/t24-/m1/s1. The molecular formula is C28H37N3O5S. The number of hydrogen-bond donors (Lipinski definition) is 1. The SMILES string of the molecule is CCS(=O)(=O)N1CCC2(CC1)CN(Cc1ccccc1OC)[C@H](CO)c1c2c2ccc(OC)cc2n1C. The summed E-state index contributed by atoms with van der Waals surface area (Å²) >= 11 is 0. The molecule has 200 valence electrons. The van der Waals surface area contributed by atoms with Crippen LogP contribution in [0.25, 0.3) is 10.9 Å². The average molecular weight is 528 g/mol. The van der Waals surface area contributed by atoms with Crippen molar-refractivity contribution >= 4 is 20.9 Å². The Bertz CT molecular complexity index is 1390. The van der Waals surface area contributed by atoms with Crippen LogP contribution in [-0.4, -0.2) is 73.5 Å². The van der Waals surface area contributed by atoms with Gasteiger partial charge in [0.15, 0.2) is 0 Å². The number of hydrogen-bond acceptors (Lipinski definition) is 6. The van der Waals surface area contributed by atoms with Crippen LogP contribution in [0, 0.1) is 0 Å². The number of fused-ring (bicyclic) bond motifs is 4. The number of methoxy groups -OCH3 is 2. The molecule has 2 aromatic carbocycles. The molecule has 1 saturated heterocycles. The van der Waals surface area contributed by atoms with E-state index in [4.69, 9.17) is 9.47 Å². The highest BCUT2D eigenvalue weighted by Crippen LogP contribution is 2.50. The number of para-hydroxylation sites is 1. The molecule has 2 aliphatic heterocycles. The van der Waals surface area contributed by atoms with E-state index in [-0.39, 0.29) is 23.8 Å². The van der Waals surface area contributed by atoms with Crippen LogP contribution in [0.3, 0.4) is 0 Å². The lowest BCUT2D eigenvalue weighted by Crippen LogP contribution is -2.54. The van der Waals surface area contributed by atoms with Gasteiger partial charge in [0.2, 0.25) is 10.0 Å². The van der Waals surface area contributed by atoms with Crippen molar-refractivity contribution < 1.29 is 23.0 Å². The van der Waals surface area contributed by atoms with Crippen LogP contribution in [0.4, 0.5) is 0 Å². The summed E-state index contributed by atoms with van der Waals surface area (Å²) in [4.78, 5) is 2.35. The zero-order valence-electron chi connectivity index (χ0n) is 22.1. The van der Waals surface area contributed by atoms with Gasteiger partial charge in [0.1, 0.15) is 11.5 Å². The molecule has 0 unspecified atom stereocenters. The lowest BCUT2D eigenvalue weighted by atomic mass is 9.68. The van der Waals surface area contributed by atoms with E-state index < -0.39 is 10.0 Å². The third kappa shape index (κ3) is 4.31. The molecule has 9 heteroatoms. The maximum Gasteiger partial charge on any atom is 0.213 e. The number of piperidine rings is 1. The minimum atomic E-state index is -3.25. The summed E-state index contributed by atoms with van der Waals surface area (Å²) in [5.74, 6) is 1.73. The smallest absolute Gasteiger partial charge is 0.213 e. The van der Waals surface area contributed by atoms with Crippen molar-refractivity contribution in [3.8, 4) is 11.5 Å². The first kappa shape index (κ1) is 26.0. The molecule has 0 bridgehead atoms. The summed E-state index contributed by atoms with van der Waals surface area (Å²) in [5, 5.41) is 11.9. The van der Waals surface area contributed by atoms with Gasteiger partial charge >= 0.3 is 0 Å². The molecule has 2 aliphatic rings. The minimum Gasteiger partial charge on any atom is -0.497 e. The van der Waals surface area contributed by atoms with Crippen molar-refractivity contribution in [1.82, 2.24) is 13.8 Å². The fourth-order valence-electron chi connectivity index (χ4n) is 6.46. The van der Waals surface area contributed by atoms with Crippen molar-refractivity contribution in [2.45, 2.75) is 37.8 Å². The van der Waals surface area contributed by atoms with Crippen molar-refractivity contribution in [1.29, 1.82) is 0 Å². The number of aliphatic hydroxyl groups excluding tert-OH is 1. The van der Waals surface area contributed by atoms with E-state index in [2.05, 4.69) is 34.7 Å². The zero-order chi connectivity index (χ0) is 26.4. The lowest BCUT2D eigenvalue weighted by molar-refractivity contribution is 0.0510. The van der Waals surface area contributed by atoms with Crippen LogP contribution in [0.2, 0.25) is 0 Å². The summed E-state index contributed by atoms with van der Waals surface area (Å²) in [5.41, 5.74) is 4.23. The number of ether oxygens (including phenoxy) is 2. The van der Waals surface area contributed by atoms with Crippen LogP contribution in [-0.2, 0) is 29.0 Å². The Balaban J connectivity index is 1.65. The topological polar surface area (TPSA) is 84.2 Å². The molecule has 0 aliphatic carbocycles. The predicted molar refractivity (Wildman–Crippen MR) is 145 cm³/mol. The van der Waals surface area contributed by atoms with E-state index in [0.717, 1.165) is 53.0 Å². The van der Waals surface area contributed by atoms with Crippen LogP contribution in [0.5, 0.6) is 11.5 Å². The first-order chi connectivity index (χ1) is 17.8. The third-order valence-corrected chi connectivity index (χ3v) is 10.3. The first-order valence-electron chi connectivity index (χ1n) is 12.9. The predicted octanol–water partition coefficient (Wildman–Crippen LogP) is 3.43. The van der Waals surface area contributed by atoms with Crippen LogP contribution < -0.4 is 9.47 Å². The quantitative estimate of drug-likeness (QED) is 0.507. The van der Waals surface area contributed by atoms with Crippen molar-refractivity contribution in [2.75, 3.05) is 46.2 Å². The summed E-state index contributed by atoms with van der Waals surface area (Å²) < 4.78 is 40.4. The van der Waals surface area contributed by atoms with Gasteiger partial charge in [-0.1, -0.05) is 18.2 Å². The molecule has 0 amide bonds. The van der Waals surface area contributed by atoms with E-state index >= 15 is 0 Å². The minimum absolute atomic E-state index is 0.0180. The van der Waals surface area contributed by atoms with E-state index in [9.17, 15) is 13.5 Å². The molecule has 0 radical (unpaired) electrons. The molecule has 5 rings (SSSR count). The van der Waals surface area contributed by atoms with Gasteiger partial charge in [-0.05, 0) is 43.5 Å². The highest BCUT2D eigenvalue weighted by molar-refractivity contribution is 7.89. The molecular weight excluding hydrogens is 490 g/mol. The fraction of sp³-hybridized carbons (Fsp3) is 0.500. The Morgan fingerprint density at radius 1 is 1.08 bits per heavy atom. The molecule has 1 atom stereocenters. The Hall–Kier alpha value is -2.59. The maximum atomic E-state index is 12.7. The van der Waals surface area contributed by atoms with Gasteiger partial charge in [-0.3, -0.25) is 4.90 Å². The molecule has 3 heterocycles. The van der Waals surface area contributed by atoms with Crippen LogP contribution >= 0.6 is 0 Å². The zero-order valence-corrected chi connectivity index (χ0v) is 22.9. The molecule has 0 saturated carbocycles. The molecule has 1 spiro atoms. The first-order valence-corrected chi connectivity index (χ1v) is 14.5. The van der Waals surface area contributed by atoms with E-state index in [1.54, 1.807) is 25.4 Å². The molecule has 8 nitrogen and oxygen atoms in total. The highest BCUT2D eigenvalue weighted by Gasteiger charge is 2.49. The lowest BCUT2D eigenvalue weighted by Gasteiger charge is -2.50. The second-order valence-corrected chi connectivity index (χ2v) is 12.5. The van der Waals surface area contributed by atoms with Crippen LogP contribution in [0.1, 0.15) is 42.6 Å². The Kier molecular flexibility index (Phi) is 7.00. The Morgan fingerprint density at radius 3 is 2.46 bits per heavy atom. The molecule has 1 aromatic heterocycles. The highest BCUT2D eigenvalue weighted by atomic mass is 32.2. The Morgan fingerprint density at radius 2 is 1.81 bits per heavy atom. The normalized spacial score (nSPS) is 20.3. The van der Waals surface area contributed by atoms with Gasteiger partial charge < -0.3 is 19.1 Å². The number of nitrogens with zero attached hydrogens (tertiary/aromatic N) is 3. The number of aliphatic hydroxyl groups is 1. The van der Waals surface area contributed by atoms with Crippen LogP contribution in [0.15, 0.2) is 42.5 Å². The maximum absolute atomic E-state index is 12.7. The molecule has 3 aromatic rings. The number of rotatable bonds is 7. The molecule has 1 N–H and O–H groups in total. The number of benzene rings is 2. The van der Waals surface area contributed by atoms with Gasteiger partial charge in [0.05, 0.1) is 38.1 Å². The summed E-state index contributed by atoms with van der Waals surface area (Å²) in [6.45, 7) is 4.03. The number of sulfonamides is 1. The van der Waals surface area contributed by atoms with E-state index in [1.165, 1.54) is 5.56 Å². The summed E-state index contributed by atoms with van der Waals surface area (Å²) in [6.07, 6.45) is 1.45. The van der Waals surface area contributed by atoms with E-state index in [1.807, 2.05) is 24.3 Å². The molecule has 37 heavy (non-hydrogen) atoms. The third-order valence-electron chi connectivity index (χ3n) is 8.42. The monoisotopic (exact) mass is 527 g/mol. The summed E-state index contributed by atoms with van der Waals surface area (Å²) in [6, 6.07) is 14.0. The van der Waals surface area contributed by atoms with Gasteiger partial charge in [-0.2, -0.15) is 0 Å². The van der Waals surface area contributed by atoms with Crippen molar-refractivity contribution in [2.24, 2.45) is 7.05 Å². The average Bonchev–Trinajstić information content (AvgIpc) is 3.22. The van der Waals surface area contributed by atoms with E-state index in [0.29, 0.717) is 19.6 Å². The molecule has 1 fully saturated rings. The van der Waals surface area contributed by atoms with Gasteiger partial charge in [-0.25, -0.2) is 12.7 Å². The van der Waals surface area contributed by atoms with Gasteiger partial charge in [0.25, 0.3) is 0 Å². The summed E-state index contributed by atoms with van der Waals surface area (Å²) in [7, 11) is 2.16.